The largest absolute Gasteiger partial charge is 0.315 e. The molecule has 5 rings (SSSR count). The van der Waals surface area contributed by atoms with Crippen molar-refractivity contribution < 1.29 is 0 Å². The van der Waals surface area contributed by atoms with E-state index < -0.39 is 0 Å². The van der Waals surface area contributed by atoms with Gasteiger partial charge in [0.15, 0.2) is 10.3 Å². The van der Waals surface area contributed by atoms with E-state index in [-0.39, 0.29) is 18.2 Å². The lowest BCUT2D eigenvalue weighted by molar-refractivity contribution is -0.0125. The Balaban J connectivity index is 1.62. The maximum absolute atomic E-state index is 6.10. The number of aromatic nitrogens is 4. The summed E-state index contributed by atoms with van der Waals surface area (Å²) in [6.07, 6.45) is 2.09. The topological polar surface area (TPSA) is 82.1 Å². The highest BCUT2D eigenvalue weighted by Crippen LogP contribution is 2.39. The van der Waals surface area contributed by atoms with E-state index in [1.54, 1.807) is 0 Å². The van der Waals surface area contributed by atoms with Crippen LogP contribution in [0, 0.1) is 6.92 Å². The molecule has 2 atom stereocenters. The normalized spacial score (nSPS) is 23.1. The van der Waals surface area contributed by atoms with Crippen LogP contribution in [-0.4, -0.2) is 69.5 Å². The molecule has 3 aromatic rings. The highest BCUT2D eigenvalue weighted by atomic mass is 35.5. The van der Waals surface area contributed by atoms with Gasteiger partial charge in [-0.05, 0) is 68.2 Å². The van der Waals surface area contributed by atoms with Crippen molar-refractivity contribution >= 4 is 23.2 Å². The lowest BCUT2D eigenvalue weighted by Crippen LogP contribution is -2.47. The van der Waals surface area contributed by atoms with Crippen LogP contribution in [0.1, 0.15) is 53.6 Å². The second-order valence-electron chi connectivity index (χ2n) is 9.41. The van der Waals surface area contributed by atoms with Crippen molar-refractivity contribution in [2.75, 3.05) is 39.3 Å². The second-order valence-corrected chi connectivity index (χ2v) is 10.2. The molecule has 0 radical (unpaired) electrons. The van der Waals surface area contributed by atoms with Crippen LogP contribution in [0.25, 0.3) is 0 Å². The van der Waals surface area contributed by atoms with Gasteiger partial charge in [-0.25, -0.2) is 0 Å². The summed E-state index contributed by atoms with van der Waals surface area (Å²) < 4.78 is 0. The summed E-state index contributed by atoms with van der Waals surface area (Å²) >= 11 is 12.2. The summed E-state index contributed by atoms with van der Waals surface area (Å²) in [4.78, 5) is 5.17. The summed E-state index contributed by atoms with van der Waals surface area (Å²) in [5.41, 5.74) is 4.39. The zero-order valence-corrected chi connectivity index (χ0v) is 22.0. The SMILES string of the molecule is Cc1ccccc1C(N1CCCNCC1c1ccc(Cl)nn1)N1CCCNCC1c1ccc(Cl)nn1. The molecule has 2 aliphatic rings. The van der Waals surface area contributed by atoms with Crippen molar-refractivity contribution in [1.82, 2.24) is 40.8 Å². The summed E-state index contributed by atoms with van der Waals surface area (Å²) in [6.45, 7) is 7.53. The molecule has 2 N–H and O–H groups in total. The molecule has 2 saturated heterocycles. The Labute approximate surface area is 222 Å². The average molecular weight is 528 g/mol. The van der Waals surface area contributed by atoms with Crippen LogP contribution >= 0.6 is 23.2 Å². The number of nitrogens with one attached hydrogen (secondary N) is 2. The molecule has 0 aliphatic carbocycles. The molecule has 36 heavy (non-hydrogen) atoms. The Morgan fingerprint density at radius 2 is 1.28 bits per heavy atom. The van der Waals surface area contributed by atoms with Crippen molar-refractivity contribution in [3.8, 4) is 0 Å². The number of aryl methyl sites for hydroxylation is 1. The van der Waals surface area contributed by atoms with Crippen molar-refractivity contribution in [1.29, 1.82) is 0 Å². The zero-order chi connectivity index (χ0) is 24.9. The molecule has 10 heteroatoms. The number of rotatable bonds is 5. The minimum Gasteiger partial charge on any atom is -0.315 e. The molecule has 2 aliphatic heterocycles. The van der Waals surface area contributed by atoms with Gasteiger partial charge in [-0.3, -0.25) is 9.80 Å². The van der Waals surface area contributed by atoms with Gasteiger partial charge in [0.05, 0.1) is 29.6 Å². The van der Waals surface area contributed by atoms with Crippen molar-refractivity contribution in [3.05, 3.63) is 81.4 Å². The van der Waals surface area contributed by atoms with Gasteiger partial charge in [0.25, 0.3) is 0 Å². The molecule has 0 amide bonds. The molecule has 2 aromatic heterocycles. The lowest BCUT2D eigenvalue weighted by atomic mass is 9.99. The summed E-state index contributed by atoms with van der Waals surface area (Å²) in [7, 11) is 0. The molecule has 8 nitrogen and oxygen atoms in total. The van der Waals surface area contributed by atoms with Gasteiger partial charge in [0.2, 0.25) is 0 Å². The molecule has 0 saturated carbocycles. The van der Waals surface area contributed by atoms with E-state index in [2.05, 4.69) is 72.0 Å². The fourth-order valence-corrected chi connectivity index (χ4v) is 5.57. The van der Waals surface area contributed by atoms with Crippen LogP contribution in [-0.2, 0) is 0 Å². The van der Waals surface area contributed by atoms with Crippen LogP contribution in [0.3, 0.4) is 0 Å². The smallest absolute Gasteiger partial charge is 0.151 e. The standard InChI is InChI=1S/C26H32Cl2N8/c1-18-6-2-3-7-19(18)26(35-14-4-12-29-16-22(35)20-8-10-24(27)33-31-20)36-15-5-13-30-17-23(36)21-9-11-25(28)34-32-21/h2-3,6-11,22-23,26,29-30H,4-5,12-17H2,1H3. The van der Waals surface area contributed by atoms with E-state index in [0.717, 1.165) is 63.5 Å². The first-order valence-electron chi connectivity index (χ1n) is 12.6. The van der Waals surface area contributed by atoms with Gasteiger partial charge in [-0.15, -0.1) is 10.2 Å². The molecule has 2 fully saturated rings. The fraction of sp³-hybridized carbons (Fsp3) is 0.462. The van der Waals surface area contributed by atoms with Crippen molar-refractivity contribution in [2.45, 2.75) is 38.0 Å². The fourth-order valence-electron chi connectivity index (χ4n) is 5.36. The Kier molecular flexibility index (Phi) is 8.41. The summed E-state index contributed by atoms with van der Waals surface area (Å²) in [5.74, 6) is 0. The predicted molar refractivity (Wildman–Crippen MR) is 142 cm³/mol. The monoisotopic (exact) mass is 526 g/mol. The minimum absolute atomic E-state index is 0.0101. The highest BCUT2D eigenvalue weighted by molar-refractivity contribution is 6.29. The number of benzene rings is 1. The van der Waals surface area contributed by atoms with E-state index >= 15 is 0 Å². The lowest BCUT2D eigenvalue weighted by Gasteiger charge is -2.45. The third-order valence-corrected chi connectivity index (χ3v) is 7.50. The van der Waals surface area contributed by atoms with Crippen LogP contribution in [0.15, 0.2) is 48.5 Å². The van der Waals surface area contributed by atoms with E-state index in [4.69, 9.17) is 23.2 Å². The third-order valence-electron chi connectivity index (χ3n) is 7.10. The quantitative estimate of drug-likeness (QED) is 0.517. The minimum atomic E-state index is 0.0101. The van der Waals surface area contributed by atoms with Gasteiger partial charge in [0.1, 0.15) is 0 Å². The van der Waals surface area contributed by atoms with E-state index in [1.165, 1.54) is 11.1 Å². The van der Waals surface area contributed by atoms with E-state index in [9.17, 15) is 0 Å². The third kappa shape index (κ3) is 5.69. The Morgan fingerprint density at radius 1 is 0.750 bits per heavy atom. The van der Waals surface area contributed by atoms with Gasteiger partial charge in [0, 0.05) is 26.2 Å². The van der Waals surface area contributed by atoms with Crippen LogP contribution in [0.2, 0.25) is 10.3 Å². The first-order chi connectivity index (χ1) is 17.6. The van der Waals surface area contributed by atoms with E-state index in [1.807, 2.05) is 24.3 Å². The molecular formula is C26H32Cl2N8. The number of hydrogen-bond acceptors (Lipinski definition) is 8. The second kappa shape index (κ2) is 11.9. The first kappa shape index (κ1) is 25.4. The Hall–Kier alpha value is -2.20. The molecule has 2 unspecified atom stereocenters. The number of nitrogens with zero attached hydrogens (tertiary/aromatic N) is 6. The Bertz CT molecular complexity index is 1060. The van der Waals surface area contributed by atoms with Crippen molar-refractivity contribution in [2.24, 2.45) is 0 Å². The molecule has 4 heterocycles. The van der Waals surface area contributed by atoms with Gasteiger partial charge in [-0.1, -0.05) is 47.5 Å². The summed E-state index contributed by atoms with van der Waals surface area (Å²) in [5, 5.41) is 25.4. The van der Waals surface area contributed by atoms with Gasteiger partial charge in [-0.2, -0.15) is 10.2 Å². The molecular weight excluding hydrogens is 495 g/mol. The highest BCUT2D eigenvalue weighted by Gasteiger charge is 2.39. The number of halogens is 2. The van der Waals surface area contributed by atoms with Crippen LogP contribution in [0.4, 0.5) is 0 Å². The predicted octanol–water partition coefficient (Wildman–Crippen LogP) is 3.95. The van der Waals surface area contributed by atoms with E-state index in [0.29, 0.717) is 10.3 Å². The molecule has 0 spiro atoms. The zero-order valence-electron chi connectivity index (χ0n) is 20.4. The average Bonchev–Trinajstić information content (AvgIpc) is 3.28. The van der Waals surface area contributed by atoms with Crippen LogP contribution < -0.4 is 10.6 Å². The summed E-state index contributed by atoms with van der Waals surface area (Å²) in [6, 6.07) is 16.4. The van der Waals surface area contributed by atoms with Gasteiger partial charge < -0.3 is 10.6 Å². The number of hydrogen-bond donors (Lipinski definition) is 2. The van der Waals surface area contributed by atoms with Crippen LogP contribution in [0.5, 0.6) is 0 Å². The van der Waals surface area contributed by atoms with Gasteiger partial charge >= 0.3 is 0 Å². The maximum Gasteiger partial charge on any atom is 0.151 e. The first-order valence-corrected chi connectivity index (χ1v) is 13.3. The molecule has 190 valence electrons. The maximum atomic E-state index is 6.10. The Morgan fingerprint density at radius 3 is 1.75 bits per heavy atom. The molecule has 1 aromatic carbocycles. The van der Waals surface area contributed by atoms with Crippen molar-refractivity contribution in [3.63, 3.8) is 0 Å². The molecule has 0 bridgehead atoms.